The number of hydrogen-bond acceptors (Lipinski definition) is 2. The molecule has 0 aliphatic rings. The summed E-state index contributed by atoms with van der Waals surface area (Å²) in [5, 5.41) is 11.9. The van der Waals surface area contributed by atoms with Crippen molar-refractivity contribution < 1.29 is 19.4 Å². The smallest absolute Gasteiger partial charge is 0.307 e. The largest absolute Gasteiger partial charge is 0.481 e. The predicted octanol–water partition coefficient (Wildman–Crippen LogP) is 5.50. The maximum Gasteiger partial charge on any atom is 0.307 e. The lowest BCUT2D eigenvalue weighted by molar-refractivity contribution is -0.141. The lowest BCUT2D eigenvalue weighted by Crippen LogP contribution is -2.21. The number of aliphatic carboxylic acids is 1. The molecule has 0 amide bonds. The van der Waals surface area contributed by atoms with Gasteiger partial charge in [-0.25, -0.2) is 0 Å². The average molecular weight is 396 g/mol. The first-order valence-corrected chi connectivity index (χ1v) is 11.4. The average Bonchev–Trinajstić information content (AvgIpc) is 2.67. The van der Waals surface area contributed by atoms with Crippen LogP contribution in [-0.2, 0) is 15.5 Å². The molecule has 0 heterocycles. The minimum absolute atomic E-state index is 0.000266. The highest BCUT2D eigenvalue weighted by Gasteiger charge is 2.30. The first kappa shape index (κ1) is 20.3. The maximum atomic E-state index is 12.7. The third-order valence-electron chi connectivity index (χ3n) is 5.12. The van der Waals surface area contributed by atoms with Crippen LogP contribution in [0.1, 0.15) is 30.4 Å². The predicted molar refractivity (Wildman–Crippen MR) is 113 cm³/mol. The standard InChI is InChI=1S/C23H25O4P/c1-17(21-13-7-11-19-10-5-6-12-22(19)21)14-20(23(24)25)16-28(26,27)15-18-8-3-2-4-9-18/h2-13,17,20H,14-16H2,1H3,(H,24,25)(H,26,27). The summed E-state index contributed by atoms with van der Waals surface area (Å²) in [7, 11) is -3.60. The molecular formula is C23H25O4P. The monoisotopic (exact) mass is 396 g/mol. The molecule has 0 saturated heterocycles. The molecule has 0 radical (unpaired) electrons. The second-order valence-corrected chi connectivity index (χ2v) is 9.79. The number of carboxylic acids is 1. The van der Waals surface area contributed by atoms with Gasteiger partial charge in [0.2, 0.25) is 7.37 Å². The van der Waals surface area contributed by atoms with Crippen LogP contribution in [0.25, 0.3) is 10.8 Å². The number of hydrogen-bond donors (Lipinski definition) is 2. The van der Waals surface area contributed by atoms with Crippen molar-refractivity contribution in [3.63, 3.8) is 0 Å². The van der Waals surface area contributed by atoms with Gasteiger partial charge >= 0.3 is 5.97 Å². The van der Waals surface area contributed by atoms with E-state index in [0.717, 1.165) is 21.9 Å². The molecule has 0 aromatic heterocycles. The van der Waals surface area contributed by atoms with E-state index >= 15 is 0 Å². The van der Waals surface area contributed by atoms with Crippen LogP contribution in [-0.4, -0.2) is 22.1 Å². The molecule has 0 bridgehead atoms. The Balaban J connectivity index is 1.77. The van der Waals surface area contributed by atoms with Crippen LogP contribution in [0.4, 0.5) is 0 Å². The van der Waals surface area contributed by atoms with E-state index < -0.39 is 19.3 Å². The summed E-state index contributed by atoms with van der Waals surface area (Å²) in [4.78, 5) is 22.3. The summed E-state index contributed by atoms with van der Waals surface area (Å²) in [5.41, 5.74) is 1.82. The van der Waals surface area contributed by atoms with Crippen LogP contribution >= 0.6 is 7.37 Å². The van der Waals surface area contributed by atoms with Crippen LogP contribution in [0, 0.1) is 5.92 Å². The molecule has 4 nitrogen and oxygen atoms in total. The Morgan fingerprint density at radius 3 is 2.32 bits per heavy atom. The third kappa shape index (κ3) is 5.09. The fraction of sp³-hybridized carbons (Fsp3) is 0.261. The van der Waals surface area contributed by atoms with Crippen molar-refractivity contribution >= 4 is 24.1 Å². The summed E-state index contributed by atoms with van der Waals surface area (Å²) < 4.78 is 12.7. The Morgan fingerprint density at radius 2 is 1.61 bits per heavy atom. The van der Waals surface area contributed by atoms with Crippen molar-refractivity contribution in [2.24, 2.45) is 5.92 Å². The first-order chi connectivity index (χ1) is 13.4. The van der Waals surface area contributed by atoms with E-state index in [9.17, 15) is 19.4 Å². The fourth-order valence-corrected chi connectivity index (χ4v) is 5.67. The van der Waals surface area contributed by atoms with Gasteiger partial charge in [0.05, 0.1) is 5.92 Å². The molecule has 3 aromatic rings. The van der Waals surface area contributed by atoms with E-state index in [0.29, 0.717) is 6.42 Å². The Morgan fingerprint density at radius 1 is 0.964 bits per heavy atom. The minimum Gasteiger partial charge on any atom is -0.481 e. The van der Waals surface area contributed by atoms with Gasteiger partial charge in [-0.15, -0.1) is 0 Å². The molecule has 3 aromatic carbocycles. The molecule has 3 unspecified atom stereocenters. The maximum absolute atomic E-state index is 12.7. The lowest BCUT2D eigenvalue weighted by Gasteiger charge is -2.22. The van der Waals surface area contributed by atoms with Crippen LogP contribution in [0.3, 0.4) is 0 Å². The minimum atomic E-state index is -3.60. The Kier molecular flexibility index (Phi) is 6.33. The van der Waals surface area contributed by atoms with Crippen molar-refractivity contribution in [2.75, 3.05) is 6.16 Å². The van der Waals surface area contributed by atoms with E-state index in [2.05, 4.69) is 0 Å². The number of rotatable bonds is 8. The fourth-order valence-electron chi connectivity index (χ4n) is 3.77. The molecule has 3 atom stereocenters. The molecule has 3 rings (SSSR count). The molecule has 146 valence electrons. The summed E-state index contributed by atoms with van der Waals surface area (Å²) in [5.74, 6) is -1.92. The van der Waals surface area contributed by atoms with Crippen LogP contribution in [0.15, 0.2) is 72.8 Å². The highest BCUT2D eigenvalue weighted by Crippen LogP contribution is 2.47. The first-order valence-electron chi connectivity index (χ1n) is 9.41. The molecule has 0 spiro atoms. The van der Waals surface area contributed by atoms with Crippen LogP contribution in [0.5, 0.6) is 0 Å². The molecule has 2 N–H and O–H groups in total. The van der Waals surface area contributed by atoms with Crippen molar-refractivity contribution in [1.82, 2.24) is 0 Å². The molecule has 28 heavy (non-hydrogen) atoms. The van der Waals surface area contributed by atoms with Crippen molar-refractivity contribution in [3.05, 3.63) is 83.9 Å². The van der Waals surface area contributed by atoms with Crippen molar-refractivity contribution in [1.29, 1.82) is 0 Å². The summed E-state index contributed by atoms with van der Waals surface area (Å²) in [6, 6.07) is 23.1. The zero-order valence-corrected chi connectivity index (χ0v) is 16.8. The van der Waals surface area contributed by atoms with Gasteiger partial charge in [-0.2, -0.15) is 0 Å². The van der Waals surface area contributed by atoms with Gasteiger partial charge in [0.1, 0.15) is 0 Å². The van der Waals surface area contributed by atoms with E-state index in [1.54, 1.807) is 12.1 Å². The van der Waals surface area contributed by atoms with E-state index in [1.165, 1.54) is 0 Å². The van der Waals surface area contributed by atoms with Gasteiger partial charge in [0, 0.05) is 12.3 Å². The Bertz CT molecular complexity index is 994. The van der Waals surface area contributed by atoms with Crippen molar-refractivity contribution in [2.45, 2.75) is 25.4 Å². The van der Waals surface area contributed by atoms with Crippen molar-refractivity contribution in [3.8, 4) is 0 Å². The zero-order chi connectivity index (χ0) is 20.1. The van der Waals surface area contributed by atoms with Gasteiger partial charge in [0.25, 0.3) is 0 Å². The molecule has 0 aliphatic carbocycles. The van der Waals surface area contributed by atoms with Gasteiger partial charge < -0.3 is 10.00 Å². The highest BCUT2D eigenvalue weighted by molar-refractivity contribution is 7.57. The van der Waals surface area contributed by atoms with Gasteiger partial charge in [-0.3, -0.25) is 9.36 Å². The number of carboxylic acid groups (broad SMARTS) is 1. The highest BCUT2D eigenvalue weighted by atomic mass is 31.2. The number of benzene rings is 3. The number of fused-ring (bicyclic) bond motifs is 1. The van der Waals surface area contributed by atoms with Crippen LogP contribution < -0.4 is 0 Å². The van der Waals surface area contributed by atoms with E-state index in [4.69, 9.17) is 0 Å². The summed E-state index contributed by atoms with van der Waals surface area (Å²) in [6.07, 6.45) is 0.106. The number of carbonyl (C=O) groups is 1. The topological polar surface area (TPSA) is 74.6 Å². The van der Waals surface area contributed by atoms with E-state index in [-0.39, 0.29) is 18.2 Å². The SMILES string of the molecule is CC(CC(CP(=O)(O)Cc1ccccc1)C(=O)O)c1cccc2ccccc12. The Hall–Kier alpha value is -2.42. The second-order valence-electron chi connectivity index (χ2n) is 7.41. The van der Waals surface area contributed by atoms with Gasteiger partial charge in [0.15, 0.2) is 0 Å². The van der Waals surface area contributed by atoms with Crippen LogP contribution in [0.2, 0.25) is 0 Å². The normalized spacial score (nSPS) is 15.6. The molecule has 0 fully saturated rings. The molecule has 0 saturated carbocycles. The third-order valence-corrected chi connectivity index (χ3v) is 6.99. The molecule has 0 aliphatic heterocycles. The Labute approximate surface area is 165 Å². The summed E-state index contributed by atoms with van der Waals surface area (Å²) in [6.45, 7) is 1.98. The second kappa shape index (κ2) is 8.72. The molecular weight excluding hydrogens is 371 g/mol. The summed E-state index contributed by atoms with van der Waals surface area (Å²) >= 11 is 0. The van der Waals surface area contributed by atoms with Gasteiger partial charge in [-0.1, -0.05) is 79.7 Å². The quantitative estimate of drug-likeness (QED) is 0.493. The lowest BCUT2D eigenvalue weighted by atomic mass is 9.88. The van der Waals surface area contributed by atoms with Gasteiger partial charge in [-0.05, 0) is 34.2 Å². The zero-order valence-electron chi connectivity index (χ0n) is 15.9. The van der Waals surface area contributed by atoms with E-state index in [1.807, 2.05) is 67.6 Å². The molecule has 5 heteroatoms.